The molecular formula is C12H14FN3O4. The predicted octanol–water partition coefficient (Wildman–Crippen LogP) is 0.942. The fourth-order valence-corrected chi connectivity index (χ4v) is 1.40. The molecule has 7 nitrogen and oxygen atoms in total. The number of hydrogen-bond donors (Lipinski definition) is 1. The van der Waals surface area contributed by atoms with Crippen LogP contribution in [0.3, 0.4) is 0 Å². The number of non-ortho nitro benzene ring substituents is 1. The molecule has 1 aromatic rings. The smallest absolute Gasteiger partial charge is 0.270 e. The number of nitrogens with zero attached hydrogens (tertiary/aromatic N) is 2. The third kappa shape index (κ3) is 4.01. The molecule has 0 heterocycles. The molecule has 0 saturated heterocycles. The topological polar surface area (TPSA) is 92.6 Å². The van der Waals surface area contributed by atoms with Gasteiger partial charge < -0.3 is 10.2 Å². The van der Waals surface area contributed by atoms with Crippen LogP contribution in [-0.2, 0) is 4.79 Å². The first kappa shape index (κ1) is 15.5. The molecule has 0 unspecified atom stereocenters. The second-order valence-electron chi connectivity index (χ2n) is 4.22. The molecule has 108 valence electrons. The van der Waals surface area contributed by atoms with Crippen LogP contribution >= 0.6 is 0 Å². The summed E-state index contributed by atoms with van der Waals surface area (Å²) in [6.07, 6.45) is 0.0648. The molecule has 0 radical (unpaired) electrons. The van der Waals surface area contributed by atoms with E-state index < -0.39 is 22.2 Å². The number of hydrogen-bond acceptors (Lipinski definition) is 4. The standard InChI is InChI=1S/C12H14FN3O4/c1-15(2)11(17)5-6-14-12(18)9-7-8(16(19)20)3-4-10(9)13/h3-4,7H,5-6H2,1-2H3,(H,14,18). The number of carbonyl (C=O) groups is 2. The highest BCUT2D eigenvalue weighted by molar-refractivity contribution is 5.95. The molecule has 0 saturated carbocycles. The van der Waals surface area contributed by atoms with E-state index in [2.05, 4.69) is 5.32 Å². The van der Waals surface area contributed by atoms with Crippen molar-refractivity contribution in [2.75, 3.05) is 20.6 Å². The quantitative estimate of drug-likeness (QED) is 0.643. The Labute approximate surface area is 114 Å². The summed E-state index contributed by atoms with van der Waals surface area (Å²) in [5, 5.41) is 12.9. The summed E-state index contributed by atoms with van der Waals surface area (Å²) in [5.74, 6) is -1.84. The van der Waals surface area contributed by atoms with Gasteiger partial charge in [0.05, 0.1) is 10.5 Å². The highest BCUT2D eigenvalue weighted by Gasteiger charge is 2.17. The summed E-state index contributed by atoms with van der Waals surface area (Å²) < 4.78 is 13.4. The van der Waals surface area contributed by atoms with Crippen molar-refractivity contribution in [3.63, 3.8) is 0 Å². The fraction of sp³-hybridized carbons (Fsp3) is 0.333. The summed E-state index contributed by atoms with van der Waals surface area (Å²) in [4.78, 5) is 34.2. The van der Waals surface area contributed by atoms with Crippen molar-refractivity contribution in [2.45, 2.75) is 6.42 Å². The number of rotatable bonds is 5. The van der Waals surface area contributed by atoms with Crippen LogP contribution in [0.5, 0.6) is 0 Å². The maximum atomic E-state index is 13.4. The number of halogens is 1. The number of carbonyl (C=O) groups excluding carboxylic acids is 2. The summed E-state index contributed by atoms with van der Waals surface area (Å²) in [6, 6.07) is 2.69. The van der Waals surface area contributed by atoms with E-state index in [4.69, 9.17) is 0 Å². The van der Waals surface area contributed by atoms with Gasteiger partial charge in [0, 0.05) is 39.2 Å². The normalized spacial score (nSPS) is 9.95. The highest BCUT2D eigenvalue weighted by atomic mass is 19.1. The van der Waals surface area contributed by atoms with Gasteiger partial charge in [-0.3, -0.25) is 19.7 Å². The largest absolute Gasteiger partial charge is 0.351 e. The molecule has 20 heavy (non-hydrogen) atoms. The van der Waals surface area contributed by atoms with Gasteiger partial charge in [-0.2, -0.15) is 0 Å². The molecular weight excluding hydrogens is 269 g/mol. The molecule has 0 aliphatic heterocycles. The second-order valence-corrected chi connectivity index (χ2v) is 4.22. The maximum absolute atomic E-state index is 13.4. The van der Waals surface area contributed by atoms with Crippen LogP contribution in [0.15, 0.2) is 18.2 Å². The summed E-state index contributed by atoms with van der Waals surface area (Å²) in [5.41, 5.74) is -0.794. The molecule has 8 heteroatoms. The van der Waals surface area contributed by atoms with Crippen LogP contribution in [-0.4, -0.2) is 42.3 Å². The highest BCUT2D eigenvalue weighted by Crippen LogP contribution is 2.16. The van der Waals surface area contributed by atoms with Crippen LogP contribution in [0.2, 0.25) is 0 Å². The van der Waals surface area contributed by atoms with Gasteiger partial charge in [-0.15, -0.1) is 0 Å². The zero-order valence-corrected chi connectivity index (χ0v) is 11.1. The molecule has 0 aromatic heterocycles. The Morgan fingerprint density at radius 3 is 2.60 bits per heavy atom. The van der Waals surface area contributed by atoms with Gasteiger partial charge in [-0.1, -0.05) is 0 Å². The first-order valence-electron chi connectivity index (χ1n) is 5.75. The molecule has 0 atom stereocenters. The van der Waals surface area contributed by atoms with Gasteiger partial charge in [-0.25, -0.2) is 4.39 Å². The van der Waals surface area contributed by atoms with Crippen molar-refractivity contribution in [1.82, 2.24) is 10.2 Å². The zero-order chi connectivity index (χ0) is 15.3. The van der Waals surface area contributed by atoms with Crippen LogP contribution in [0.25, 0.3) is 0 Å². The van der Waals surface area contributed by atoms with E-state index in [1.165, 1.54) is 4.90 Å². The average Bonchev–Trinajstić information content (AvgIpc) is 2.38. The van der Waals surface area contributed by atoms with Crippen molar-refractivity contribution >= 4 is 17.5 Å². The average molecular weight is 283 g/mol. The maximum Gasteiger partial charge on any atom is 0.270 e. The van der Waals surface area contributed by atoms with Crippen molar-refractivity contribution < 1.29 is 18.9 Å². The van der Waals surface area contributed by atoms with Crippen LogP contribution in [0.4, 0.5) is 10.1 Å². The number of nitrogens with one attached hydrogen (secondary N) is 1. The number of benzene rings is 1. The lowest BCUT2D eigenvalue weighted by molar-refractivity contribution is -0.384. The first-order valence-corrected chi connectivity index (χ1v) is 5.75. The minimum atomic E-state index is -0.855. The van der Waals surface area contributed by atoms with Crippen LogP contribution in [0, 0.1) is 15.9 Å². The van der Waals surface area contributed by atoms with E-state index >= 15 is 0 Å². The summed E-state index contributed by atoms with van der Waals surface area (Å²) in [7, 11) is 3.15. The number of nitro benzene ring substituents is 1. The van der Waals surface area contributed by atoms with Crippen molar-refractivity contribution in [1.29, 1.82) is 0 Å². The molecule has 0 aliphatic rings. The Hall–Kier alpha value is -2.51. The minimum Gasteiger partial charge on any atom is -0.351 e. The van der Waals surface area contributed by atoms with Gasteiger partial charge in [-0.05, 0) is 6.07 Å². The molecule has 0 bridgehead atoms. The molecule has 1 rings (SSSR count). The SMILES string of the molecule is CN(C)C(=O)CCNC(=O)c1cc([N+](=O)[O-])ccc1F. The minimum absolute atomic E-state index is 0.0258. The van der Waals surface area contributed by atoms with E-state index in [-0.39, 0.29) is 24.6 Å². The zero-order valence-electron chi connectivity index (χ0n) is 11.1. The Bertz CT molecular complexity index is 546. The molecule has 1 aromatic carbocycles. The predicted molar refractivity (Wildman–Crippen MR) is 68.7 cm³/mol. The van der Waals surface area contributed by atoms with Gasteiger partial charge >= 0.3 is 0 Å². The van der Waals surface area contributed by atoms with Gasteiger partial charge in [0.25, 0.3) is 11.6 Å². The molecule has 2 amide bonds. The lowest BCUT2D eigenvalue weighted by Gasteiger charge is -2.10. The molecule has 1 N–H and O–H groups in total. The Morgan fingerprint density at radius 1 is 1.40 bits per heavy atom. The van der Waals surface area contributed by atoms with Gasteiger partial charge in [0.2, 0.25) is 5.91 Å². The van der Waals surface area contributed by atoms with E-state index in [1.54, 1.807) is 14.1 Å². The summed E-state index contributed by atoms with van der Waals surface area (Å²) in [6.45, 7) is 0.0258. The van der Waals surface area contributed by atoms with E-state index in [0.29, 0.717) is 0 Å². The molecule has 0 spiro atoms. The van der Waals surface area contributed by atoms with Crippen molar-refractivity contribution in [2.24, 2.45) is 0 Å². The third-order valence-electron chi connectivity index (χ3n) is 2.53. The number of amides is 2. The lowest BCUT2D eigenvalue weighted by atomic mass is 10.1. The monoisotopic (exact) mass is 283 g/mol. The molecule has 0 aliphatic carbocycles. The van der Waals surface area contributed by atoms with E-state index in [9.17, 15) is 24.1 Å². The van der Waals surface area contributed by atoms with Gasteiger partial charge in [0.15, 0.2) is 0 Å². The molecule has 0 fully saturated rings. The third-order valence-corrected chi connectivity index (χ3v) is 2.53. The Balaban J connectivity index is 2.70. The van der Waals surface area contributed by atoms with E-state index in [0.717, 1.165) is 18.2 Å². The Morgan fingerprint density at radius 2 is 2.05 bits per heavy atom. The second kappa shape index (κ2) is 6.60. The summed E-state index contributed by atoms with van der Waals surface area (Å²) >= 11 is 0. The Kier molecular flexibility index (Phi) is 5.13. The van der Waals surface area contributed by atoms with Crippen LogP contribution < -0.4 is 5.32 Å². The van der Waals surface area contributed by atoms with E-state index in [1.807, 2.05) is 0 Å². The fourth-order valence-electron chi connectivity index (χ4n) is 1.40. The van der Waals surface area contributed by atoms with Crippen molar-refractivity contribution in [3.8, 4) is 0 Å². The van der Waals surface area contributed by atoms with Crippen molar-refractivity contribution in [3.05, 3.63) is 39.7 Å². The number of nitro groups is 1. The van der Waals surface area contributed by atoms with Gasteiger partial charge in [0.1, 0.15) is 5.82 Å². The first-order chi connectivity index (χ1) is 9.32. The van der Waals surface area contributed by atoms with Crippen LogP contribution in [0.1, 0.15) is 16.8 Å². The lowest BCUT2D eigenvalue weighted by Crippen LogP contribution is -2.30.